The summed E-state index contributed by atoms with van der Waals surface area (Å²) in [5.41, 5.74) is 0. The van der Waals surface area contributed by atoms with Gasteiger partial charge < -0.3 is 56.8 Å². The van der Waals surface area contributed by atoms with Gasteiger partial charge in [0.05, 0.1) is 139 Å². The van der Waals surface area contributed by atoms with Crippen molar-refractivity contribution >= 4 is 5.97 Å². The van der Waals surface area contributed by atoms with Crippen molar-refractivity contribution in [2.24, 2.45) is 0 Å². The minimum absolute atomic E-state index is 0.198. The normalized spacial score (nSPS) is 11.0. The maximum absolute atomic E-state index is 10.8. The molecule has 0 atom stereocenters. The van der Waals surface area contributed by atoms with Crippen LogP contribution >= 0.6 is 0 Å². The van der Waals surface area contributed by atoms with Gasteiger partial charge in [-0.2, -0.15) is 0 Å². The highest BCUT2D eigenvalue weighted by Gasteiger charge is 1.97. The van der Waals surface area contributed by atoms with Crippen LogP contribution in [-0.4, -0.2) is 158 Å². The monoisotopic (exact) mass is 594 g/mol. The number of carbonyl (C=O) groups is 1. The van der Waals surface area contributed by atoms with E-state index in [4.69, 9.17) is 63.3 Å². The van der Waals surface area contributed by atoms with Crippen molar-refractivity contribution in [1.29, 1.82) is 0 Å². The third-order valence-electron chi connectivity index (χ3n) is 4.54. The molecular weight excluding hydrogens is 544 g/mol. The Balaban J connectivity index is 3.05. The molecule has 0 N–H and O–H groups in total. The summed E-state index contributed by atoms with van der Waals surface area (Å²) in [6.45, 7) is 13.9. The molecule has 0 rings (SSSR count). The number of ether oxygens (including phenoxy) is 12. The smallest absolute Gasteiger partial charge is 0.330 e. The lowest BCUT2D eigenvalue weighted by Crippen LogP contribution is -2.15. The molecule has 0 aromatic heterocycles. The fourth-order valence-corrected chi connectivity index (χ4v) is 2.59. The zero-order valence-electron chi connectivity index (χ0n) is 24.4. The fraction of sp³-hybridized carbons (Fsp3) is 0.821. The Morgan fingerprint density at radius 2 is 0.659 bits per heavy atom. The van der Waals surface area contributed by atoms with Gasteiger partial charge in [-0.3, -0.25) is 0 Å². The molecule has 0 radical (unpaired) electrons. The van der Waals surface area contributed by atoms with E-state index < -0.39 is 5.97 Å². The number of terminal acetylenes is 1. The SMILES string of the molecule is C#CCOCCOCCOCCOCCOCCOCCOCCOCCOCCOCCOCCOC(=O)C=C. The van der Waals surface area contributed by atoms with Crippen LogP contribution in [0.15, 0.2) is 12.7 Å². The zero-order chi connectivity index (χ0) is 29.7. The van der Waals surface area contributed by atoms with Gasteiger partial charge in [0.15, 0.2) is 0 Å². The number of carbonyl (C=O) groups excluding carboxylic acids is 1. The Morgan fingerprint density at radius 1 is 0.439 bits per heavy atom. The summed E-state index contributed by atoms with van der Waals surface area (Å²) in [5.74, 6) is 1.93. The topological polar surface area (TPSA) is 128 Å². The summed E-state index contributed by atoms with van der Waals surface area (Å²) in [6.07, 6.45) is 6.18. The minimum Gasteiger partial charge on any atom is -0.460 e. The summed E-state index contributed by atoms with van der Waals surface area (Å²) in [4.78, 5) is 10.8. The first-order valence-electron chi connectivity index (χ1n) is 13.9. The molecule has 0 aromatic carbocycles. The fourth-order valence-electron chi connectivity index (χ4n) is 2.59. The van der Waals surface area contributed by atoms with Crippen molar-refractivity contribution in [3.8, 4) is 12.3 Å². The lowest BCUT2D eigenvalue weighted by Gasteiger charge is -2.09. The summed E-state index contributed by atoms with van der Waals surface area (Å²) in [5, 5.41) is 0. The molecule has 0 bridgehead atoms. The van der Waals surface area contributed by atoms with Crippen molar-refractivity contribution in [3.05, 3.63) is 12.7 Å². The highest BCUT2D eigenvalue weighted by Crippen LogP contribution is 1.87. The largest absolute Gasteiger partial charge is 0.460 e. The summed E-state index contributed by atoms with van der Waals surface area (Å²) in [6, 6.07) is 0. The van der Waals surface area contributed by atoms with E-state index in [0.717, 1.165) is 6.08 Å². The zero-order valence-corrected chi connectivity index (χ0v) is 24.4. The third-order valence-corrected chi connectivity index (χ3v) is 4.54. The molecule has 0 unspecified atom stereocenters. The van der Waals surface area contributed by atoms with Crippen LogP contribution in [0.25, 0.3) is 0 Å². The van der Waals surface area contributed by atoms with Gasteiger partial charge in [0.25, 0.3) is 0 Å². The molecule has 0 aromatic rings. The van der Waals surface area contributed by atoms with Crippen LogP contribution in [0.2, 0.25) is 0 Å². The van der Waals surface area contributed by atoms with E-state index in [1.807, 2.05) is 0 Å². The quantitative estimate of drug-likeness (QED) is 0.0439. The van der Waals surface area contributed by atoms with Crippen molar-refractivity contribution in [2.75, 3.05) is 152 Å². The van der Waals surface area contributed by atoms with E-state index in [0.29, 0.717) is 145 Å². The van der Waals surface area contributed by atoms with Crippen molar-refractivity contribution in [1.82, 2.24) is 0 Å². The molecule has 13 nitrogen and oxygen atoms in total. The van der Waals surface area contributed by atoms with Crippen LogP contribution in [0.3, 0.4) is 0 Å². The number of esters is 1. The van der Waals surface area contributed by atoms with E-state index in [9.17, 15) is 4.79 Å². The van der Waals surface area contributed by atoms with Gasteiger partial charge in [-0.15, -0.1) is 6.42 Å². The minimum atomic E-state index is -0.460. The second-order valence-electron chi connectivity index (χ2n) is 7.75. The number of hydrogen-bond acceptors (Lipinski definition) is 13. The maximum atomic E-state index is 10.8. The van der Waals surface area contributed by atoms with Crippen molar-refractivity contribution in [3.63, 3.8) is 0 Å². The molecule has 0 aliphatic carbocycles. The number of hydrogen-bond donors (Lipinski definition) is 0. The standard InChI is InChI=1S/C28H50O13/c1-3-5-30-6-7-31-8-9-32-10-11-33-12-13-34-14-15-35-16-17-36-18-19-37-20-21-38-22-23-39-24-25-40-26-27-41-28(29)4-2/h1,4H,2,5-27H2. The molecule has 0 aliphatic heterocycles. The van der Waals surface area contributed by atoms with E-state index in [2.05, 4.69) is 12.5 Å². The second kappa shape index (κ2) is 36.4. The van der Waals surface area contributed by atoms with Crippen LogP contribution in [0.4, 0.5) is 0 Å². The van der Waals surface area contributed by atoms with Crippen LogP contribution < -0.4 is 0 Å². The number of rotatable bonds is 35. The molecular formula is C28H50O13. The van der Waals surface area contributed by atoms with Crippen LogP contribution in [-0.2, 0) is 61.6 Å². The lowest BCUT2D eigenvalue weighted by molar-refractivity contribution is -0.139. The van der Waals surface area contributed by atoms with E-state index in [1.165, 1.54) is 0 Å². The predicted octanol–water partition coefficient (Wildman–Crippen LogP) is 0.531. The van der Waals surface area contributed by atoms with E-state index >= 15 is 0 Å². The predicted molar refractivity (Wildman–Crippen MR) is 149 cm³/mol. The first kappa shape index (κ1) is 39.3. The molecule has 0 heterocycles. The first-order valence-corrected chi connectivity index (χ1v) is 13.9. The Morgan fingerprint density at radius 3 is 0.878 bits per heavy atom. The average molecular weight is 595 g/mol. The van der Waals surface area contributed by atoms with Gasteiger partial charge in [0, 0.05) is 6.08 Å². The maximum Gasteiger partial charge on any atom is 0.330 e. The highest BCUT2D eigenvalue weighted by atomic mass is 16.6. The van der Waals surface area contributed by atoms with Gasteiger partial charge in [-0.25, -0.2) is 4.79 Å². The van der Waals surface area contributed by atoms with Crippen molar-refractivity contribution in [2.45, 2.75) is 0 Å². The van der Waals surface area contributed by atoms with E-state index in [1.54, 1.807) is 0 Å². The summed E-state index contributed by atoms with van der Waals surface area (Å²) >= 11 is 0. The molecule has 0 saturated carbocycles. The van der Waals surface area contributed by atoms with E-state index in [-0.39, 0.29) is 6.61 Å². The molecule has 240 valence electrons. The average Bonchev–Trinajstić information content (AvgIpc) is 2.99. The summed E-state index contributed by atoms with van der Waals surface area (Å²) < 4.78 is 63.8. The third kappa shape index (κ3) is 36.3. The molecule has 0 fully saturated rings. The summed E-state index contributed by atoms with van der Waals surface area (Å²) in [7, 11) is 0. The van der Waals surface area contributed by atoms with Gasteiger partial charge in [-0.05, 0) is 0 Å². The van der Waals surface area contributed by atoms with Gasteiger partial charge in [0.2, 0.25) is 0 Å². The molecule has 0 saturated heterocycles. The lowest BCUT2D eigenvalue weighted by atomic mass is 10.6. The Hall–Kier alpha value is -1.67. The molecule has 0 amide bonds. The van der Waals surface area contributed by atoms with Crippen LogP contribution in [0.5, 0.6) is 0 Å². The Labute approximate surface area is 244 Å². The Kier molecular flexibility index (Phi) is 34.9. The molecule has 0 spiro atoms. The Bertz CT molecular complexity index is 586. The van der Waals surface area contributed by atoms with Gasteiger partial charge >= 0.3 is 5.97 Å². The highest BCUT2D eigenvalue weighted by molar-refractivity contribution is 5.81. The van der Waals surface area contributed by atoms with Crippen molar-refractivity contribution < 1.29 is 61.6 Å². The van der Waals surface area contributed by atoms with Gasteiger partial charge in [-0.1, -0.05) is 12.5 Å². The van der Waals surface area contributed by atoms with Crippen LogP contribution in [0, 0.1) is 12.3 Å². The van der Waals surface area contributed by atoms with Crippen LogP contribution in [0.1, 0.15) is 0 Å². The molecule has 0 aliphatic rings. The molecule has 13 heteroatoms. The first-order chi connectivity index (χ1) is 20.3. The molecule has 41 heavy (non-hydrogen) atoms. The second-order valence-corrected chi connectivity index (χ2v) is 7.75. The van der Waals surface area contributed by atoms with Gasteiger partial charge in [0.1, 0.15) is 13.2 Å².